The number of carbonyl (C=O) groups is 1. The van der Waals surface area contributed by atoms with Crippen LogP contribution in [0.1, 0.15) is 12.7 Å². The van der Waals surface area contributed by atoms with Crippen LogP contribution in [0.3, 0.4) is 0 Å². The van der Waals surface area contributed by atoms with Crippen LogP contribution in [0, 0.1) is 0 Å². The third kappa shape index (κ3) is 4.28. The number of hydrazone groups is 1. The van der Waals surface area contributed by atoms with Crippen molar-refractivity contribution in [2.75, 3.05) is 5.01 Å². The van der Waals surface area contributed by atoms with Crippen LogP contribution in [0.5, 0.6) is 0 Å². The Labute approximate surface area is 188 Å². The maximum atomic E-state index is 12.9. The topological polar surface area (TPSA) is 106 Å². The molecule has 1 amide bonds. The first kappa shape index (κ1) is 21.3. The minimum Gasteiger partial charge on any atom is -0.457 e. The molecule has 1 aliphatic rings. The number of benzene rings is 2. The number of sulfonamides is 1. The number of nitrogens with zero attached hydrogens (tertiary/aromatic N) is 2. The third-order valence-electron chi connectivity index (χ3n) is 4.58. The van der Waals surface area contributed by atoms with Gasteiger partial charge >= 0.3 is 0 Å². The average molecular weight is 476 g/mol. The molecule has 0 fully saturated rings. The first-order chi connectivity index (χ1) is 14.6. The van der Waals surface area contributed by atoms with E-state index in [0.717, 1.165) is 0 Å². The normalized spacial score (nSPS) is 15.6. The maximum Gasteiger partial charge on any atom is 0.280 e. The lowest BCUT2D eigenvalue weighted by molar-refractivity contribution is -0.114. The molecular formula is C21H15Cl2N3O4S. The lowest BCUT2D eigenvalue weighted by Crippen LogP contribution is -2.21. The molecule has 7 nitrogen and oxygen atoms in total. The zero-order chi connectivity index (χ0) is 22.3. The molecular weight excluding hydrogens is 461 g/mol. The van der Waals surface area contributed by atoms with Crippen LogP contribution in [0.2, 0.25) is 10.0 Å². The van der Waals surface area contributed by atoms with Crippen molar-refractivity contribution in [3.8, 4) is 11.3 Å². The van der Waals surface area contributed by atoms with E-state index in [1.54, 1.807) is 43.3 Å². The number of anilines is 1. The Morgan fingerprint density at radius 2 is 1.77 bits per heavy atom. The van der Waals surface area contributed by atoms with Crippen molar-refractivity contribution in [1.29, 1.82) is 0 Å². The number of hydrogen-bond acceptors (Lipinski definition) is 5. The van der Waals surface area contributed by atoms with E-state index < -0.39 is 10.0 Å². The molecule has 4 rings (SSSR count). The molecule has 0 unspecified atom stereocenters. The molecule has 0 atom stereocenters. The van der Waals surface area contributed by atoms with E-state index in [1.165, 1.54) is 29.3 Å². The fourth-order valence-corrected chi connectivity index (χ4v) is 4.06. The van der Waals surface area contributed by atoms with Gasteiger partial charge in [0.05, 0.1) is 26.9 Å². The molecule has 10 heteroatoms. The lowest BCUT2D eigenvalue weighted by atomic mass is 10.1. The highest BCUT2D eigenvalue weighted by molar-refractivity contribution is 7.89. The van der Waals surface area contributed by atoms with Gasteiger partial charge in [-0.05, 0) is 67.6 Å². The number of carbonyl (C=O) groups excluding carboxylic acids is 1. The Kier molecular flexibility index (Phi) is 5.49. The summed E-state index contributed by atoms with van der Waals surface area (Å²) in [6, 6.07) is 14.1. The van der Waals surface area contributed by atoms with E-state index in [4.69, 9.17) is 32.8 Å². The second-order valence-corrected chi connectivity index (χ2v) is 9.13. The molecule has 1 aliphatic heterocycles. The van der Waals surface area contributed by atoms with Gasteiger partial charge in [0.2, 0.25) is 10.0 Å². The van der Waals surface area contributed by atoms with Crippen LogP contribution < -0.4 is 10.1 Å². The molecule has 0 radical (unpaired) electrons. The zero-order valence-electron chi connectivity index (χ0n) is 16.0. The summed E-state index contributed by atoms with van der Waals surface area (Å²) in [7, 11) is -3.82. The van der Waals surface area contributed by atoms with Gasteiger partial charge < -0.3 is 4.42 Å². The van der Waals surface area contributed by atoms with Crippen molar-refractivity contribution >= 4 is 56.6 Å². The number of furan rings is 1. The number of hydrogen-bond donors (Lipinski definition) is 1. The average Bonchev–Trinajstić information content (AvgIpc) is 3.27. The highest BCUT2D eigenvalue weighted by Crippen LogP contribution is 2.33. The number of halogens is 2. The largest absolute Gasteiger partial charge is 0.457 e. The first-order valence-electron chi connectivity index (χ1n) is 8.93. The summed E-state index contributed by atoms with van der Waals surface area (Å²) in [6.45, 7) is 1.70. The fraction of sp³-hybridized carbons (Fsp3) is 0.0476. The van der Waals surface area contributed by atoms with E-state index in [9.17, 15) is 13.2 Å². The van der Waals surface area contributed by atoms with Crippen molar-refractivity contribution in [3.63, 3.8) is 0 Å². The minimum absolute atomic E-state index is 0.0525. The van der Waals surface area contributed by atoms with Crippen molar-refractivity contribution < 1.29 is 17.6 Å². The molecule has 0 aliphatic carbocycles. The molecule has 158 valence electrons. The zero-order valence-corrected chi connectivity index (χ0v) is 18.4. The van der Waals surface area contributed by atoms with Crippen LogP contribution in [-0.4, -0.2) is 20.0 Å². The van der Waals surface area contributed by atoms with Gasteiger partial charge in [0.25, 0.3) is 5.91 Å². The molecule has 0 bridgehead atoms. The molecule has 0 saturated carbocycles. The molecule has 2 heterocycles. The van der Waals surface area contributed by atoms with E-state index >= 15 is 0 Å². The number of amides is 1. The van der Waals surface area contributed by atoms with Crippen molar-refractivity contribution in [2.45, 2.75) is 11.8 Å². The van der Waals surface area contributed by atoms with Gasteiger partial charge in [-0.15, -0.1) is 0 Å². The number of nitrogens with two attached hydrogens (primary N) is 1. The maximum absolute atomic E-state index is 12.9. The van der Waals surface area contributed by atoms with Gasteiger partial charge in [0, 0.05) is 10.6 Å². The molecule has 0 saturated heterocycles. The van der Waals surface area contributed by atoms with Gasteiger partial charge in [0.15, 0.2) is 0 Å². The second-order valence-electron chi connectivity index (χ2n) is 6.73. The predicted molar refractivity (Wildman–Crippen MR) is 121 cm³/mol. The van der Waals surface area contributed by atoms with E-state index in [2.05, 4.69) is 5.10 Å². The molecule has 31 heavy (non-hydrogen) atoms. The summed E-state index contributed by atoms with van der Waals surface area (Å²) < 4.78 is 28.7. The molecule has 2 N–H and O–H groups in total. The summed E-state index contributed by atoms with van der Waals surface area (Å²) in [4.78, 5) is 12.8. The molecule has 0 spiro atoms. The van der Waals surface area contributed by atoms with Gasteiger partial charge in [-0.1, -0.05) is 23.2 Å². The van der Waals surface area contributed by atoms with Gasteiger partial charge in [-0.3, -0.25) is 4.79 Å². The molecule has 1 aromatic heterocycles. The highest BCUT2D eigenvalue weighted by atomic mass is 35.5. The van der Waals surface area contributed by atoms with Crippen LogP contribution in [0.4, 0.5) is 5.69 Å². The van der Waals surface area contributed by atoms with E-state index in [1.807, 2.05) is 0 Å². The Hall–Kier alpha value is -2.91. The highest BCUT2D eigenvalue weighted by Gasteiger charge is 2.29. The van der Waals surface area contributed by atoms with E-state index in [0.29, 0.717) is 44.1 Å². The van der Waals surface area contributed by atoms with Crippen molar-refractivity contribution in [1.82, 2.24) is 0 Å². The summed E-state index contributed by atoms with van der Waals surface area (Å²) in [5.74, 6) is 0.609. The minimum atomic E-state index is -3.82. The summed E-state index contributed by atoms with van der Waals surface area (Å²) in [5.41, 5.74) is 1.92. The van der Waals surface area contributed by atoms with Crippen LogP contribution in [0.15, 0.2) is 74.6 Å². The lowest BCUT2D eigenvalue weighted by Gasteiger charge is -2.12. The molecule has 2 aromatic carbocycles. The third-order valence-corrected chi connectivity index (χ3v) is 6.06. The van der Waals surface area contributed by atoms with Gasteiger partial charge in [0.1, 0.15) is 11.5 Å². The quantitative estimate of drug-likeness (QED) is 0.551. The standard InChI is InChI=1S/C21H15Cl2N3O4S/c1-12-18(11-15-5-9-20(30-15)17-8-2-13(22)10-19(17)23)21(27)26(25-12)14-3-6-16(7-4-14)31(24,28)29/h2-11H,1H3,(H2,24,28,29)/b18-11-. The van der Waals surface area contributed by atoms with Crippen LogP contribution in [0.25, 0.3) is 17.4 Å². The predicted octanol–water partition coefficient (Wildman–Crippen LogP) is 4.71. The Morgan fingerprint density at radius 3 is 2.42 bits per heavy atom. The Balaban J connectivity index is 1.61. The van der Waals surface area contributed by atoms with Crippen molar-refractivity contribution in [2.24, 2.45) is 10.2 Å². The second kappa shape index (κ2) is 7.97. The number of primary sulfonamides is 1. The first-order valence-corrected chi connectivity index (χ1v) is 11.2. The fourth-order valence-electron chi connectivity index (χ4n) is 3.04. The van der Waals surface area contributed by atoms with Crippen molar-refractivity contribution in [3.05, 3.63) is 76.0 Å². The number of rotatable bonds is 4. The summed E-state index contributed by atoms with van der Waals surface area (Å²) in [5, 5.41) is 11.5. The van der Waals surface area contributed by atoms with Crippen LogP contribution in [-0.2, 0) is 14.8 Å². The van der Waals surface area contributed by atoms with E-state index in [-0.39, 0.29) is 10.8 Å². The Bertz CT molecular complexity index is 1360. The monoisotopic (exact) mass is 475 g/mol. The molecule has 3 aromatic rings. The Morgan fingerprint density at radius 1 is 1.06 bits per heavy atom. The van der Waals surface area contributed by atoms with Crippen LogP contribution >= 0.6 is 23.2 Å². The summed E-state index contributed by atoms with van der Waals surface area (Å²) in [6.07, 6.45) is 1.59. The smallest absolute Gasteiger partial charge is 0.280 e. The SMILES string of the molecule is CC1=NN(c2ccc(S(N)(=O)=O)cc2)C(=O)/C1=C\c1ccc(-c2ccc(Cl)cc2Cl)o1. The summed E-state index contributed by atoms with van der Waals surface area (Å²) >= 11 is 12.2. The van der Waals surface area contributed by atoms with Gasteiger partial charge in [-0.25, -0.2) is 13.6 Å². The van der Waals surface area contributed by atoms with Gasteiger partial charge in [-0.2, -0.15) is 10.1 Å².